The van der Waals surface area contributed by atoms with Crippen LogP contribution in [0.25, 0.3) is 0 Å². The van der Waals surface area contributed by atoms with Gasteiger partial charge in [-0.05, 0) is 18.2 Å². The maximum Gasteiger partial charge on any atom is 0.339 e. The van der Waals surface area contributed by atoms with E-state index >= 15 is 0 Å². The summed E-state index contributed by atoms with van der Waals surface area (Å²) in [4.78, 5) is 21.4. The average molecular weight is 294 g/mol. The fraction of sp³-hybridized carbons (Fsp3) is 0. The van der Waals surface area contributed by atoms with Crippen LogP contribution in [0.2, 0.25) is 5.02 Å². The molecule has 7 heteroatoms. The largest absolute Gasteiger partial charge is 0.478 e. The van der Waals surface area contributed by atoms with Gasteiger partial charge in [-0.3, -0.25) is 10.1 Å². The maximum atomic E-state index is 11.1. The summed E-state index contributed by atoms with van der Waals surface area (Å²) < 4.78 is 5.34. The summed E-state index contributed by atoms with van der Waals surface area (Å²) in [6, 6.07) is 9.85. The molecule has 2 rings (SSSR count). The Hall–Kier alpha value is -2.60. The minimum atomic E-state index is -1.24. The Morgan fingerprint density at radius 1 is 1.20 bits per heavy atom. The molecule has 0 spiro atoms. The minimum absolute atomic E-state index is 0.0584. The van der Waals surface area contributed by atoms with Gasteiger partial charge in [0.05, 0.1) is 9.95 Å². The van der Waals surface area contributed by atoms with Crippen molar-refractivity contribution in [3.05, 3.63) is 63.2 Å². The Bertz CT molecular complexity index is 686. The van der Waals surface area contributed by atoms with E-state index in [0.717, 1.165) is 0 Å². The fourth-order valence-electron chi connectivity index (χ4n) is 1.59. The first-order valence-electron chi connectivity index (χ1n) is 5.44. The lowest BCUT2D eigenvalue weighted by Gasteiger charge is -2.10. The van der Waals surface area contributed by atoms with E-state index in [9.17, 15) is 14.9 Å². The van der Waals surface area contributed by atoms with Gasteiger partial charge in [0, 0.05) is 6.07 Å². The number of ether oxygens (including phenoxy) is 1. The van der Waals surface area contributed by atoms with E-state index < -0.39 is 10.9 Å². The molecule has 0 saturated carbocycles. The van der Waals surface area contributed by atoms with Crippen molar-refractivity contribution in [1.29, 1.82) is 0 Å². The number of rotatable bonds is 4. The normalized spacial score (nSPS) is 10.1. The third-order valence-electron chi connectivity index (χ3n) is 2.47. The average Bonchev–Trinajstić information content (AvgIpc) is 2.41. The molecular weight excluding hydrogens is 286 g/mol. The van der Waals surface area contributed by atoms with Crippen LogP contribution in [0.3, 0.4) is 0 Å². The van der Waals surface area contributed by atoms with Crippen LogP contribution in [0.1, 0.15) is 10.4 Å². The molecule has 0 aliphatic carbocycles. The highest BCUT2D eigenvalue weighted by Crippen LogP contribution is 2.36. The van der Waals surface area contributed by atoms with E-state index in [1.165, 1.54) is 36.4 Å². The molecule has 1 N–H and O–H groups in total. The summed E-state index contributed by atoms with van der Waals surface area (Å²) in [6.07, 6.45) is 0. The molecule has 6 nitrogen and oxygen atoms in total. The number of halogens is 1. The van der Waals surface area contributed by atoms with Crippen LogP contribution < -0.4 is 4.74 Å². The summed E-state index contributed by atoms with van der Waals surface area (Å²) >= 11 is 5.90. The SMILES string of the molecule is O=C(O)c1cccc(Cl)c1Oc1ccccc1[N+](=O)[O-]. The Balaban J connectivity index is 2.51. The number of carbonyl (C=O) groups is 1. The monoisotopic (exact) mass is 293 g/mol. The molecule has 0 saturated heterocycles. The van der Waals surface area contributed by atoms with Crippen molar-refractivity contribution in [2.45, 2.75) is 0 Å². The molecule has 102 valence electrons. The van der Waals surface area contributed by atoms with E-state index in [2.05, 4.69) is 0 Å². The first-order valence-corrected chi connectivity index (χ1v) is 5.81. The lowest BCUT2D eigenvalue weighted by molar-refractivity contribution is -0.385. The second kappa shape index (κ2) is 5.58. The molecule has 0 bridgehead atoms. The summed E-state index contributed by atoms with van der Waals surface area (Å²) in [5.74, 6) is -1.44. The van der Waals surface area contributed by atoms with E-state index in [-0.39, 0.29) is 27.8 Å². The number of nitro groups is 1. The Kier molecular flexibility index (Phi) is 3.86. The molecule has 20 heavy (non-hydrogen) atoms. The fourth-order valence-corrected chi connectivity index (χ4v) is 1.80. The molecule has 0 fully saturated rings. The van der Waals surface area contributed by atoms with Gasteiger partial charge in [0.2, 0.25) is 5.75 Å². The van der Waals surface area contributed by atoms with Gasteiger partial charge < -0.3 is 9.84 Å². The number of hydrogen-bond acceptors (Lipinski definition) is 4. The molecule has 0 aliphatic heterocycles. The van der Waals surface area contributed by atoms with E-state index in [0.29, 0.717) is 0 Å². The Morgan fingerprint density at radius 2 is 1.90 bits per heavy atom. The van der Waals surface area contributed by atoms with Crippen molar-refractivity contribution >= 4 is 23.3 Å². The van der Waals surface area contributed by atoms with Crippen LogP contribution in [-0.2, 0) is 0 Å². The number of hydrogen-bond donors (Lipinski definition) is 1. The number of aromatic carboxylic acids is 1. The molecule has 0 heterocycles. The standard InChI is InChI=1S/C13H8ClNO5/c14-9-5-3-4-8(13(16)17)12(9)20-11-7-2-1-6-10(11)15(18)19/h1-7H,(H,16,17). The molecule has 0 amide bonds. The van der Waals surface area contributed by atoms with Crippen molar-refractivity contribution < 1.29 is 19.6 Å². The highest BCUT2D eigenvalue weighted by molar-refractivity contribution is 6.32. The third kappa shape index (κ3) is 2.70. The van der Waals surface area contributed by atoms with Gasteiger partial charge in [-0.1, -0.05) is 29.8 Å². The van der Waals surface area contributed by atoms with Crippen LogP contribution >= 0.6 is 11.6 Å². The number of benzene rings is 2. The zero-order valence-corrected chi connectivity index (χ0v) is 10.7. The van der Waals surface area contributed by atoms with Gasteiger partial charge >= 0.3 is 11.7 Å². The summed E-state index contributed by atoms with van der Waals surface area (Å²) in [7, 11) is 0. The number of carboxylic acid groups (broad SMARTS) is 1. The molecule has 0 unspecified atom stereocenters. The highest BCUT2D eigenvalue weighted by Gasteiger charge is 2.20. The first kappa shape index (κ1) is 13.8. The van der Waals surface area contributed by atoms with Crippen molar-refractivity contribution in [3.8, 4) is 11.5 Å². The Morgan fingerprint density at radius 3 is 2.55 bits per heavy atom. The molecule has 0 aromatic heterocycles. The molecule has 0 atom stereocenters. The molecular formula is C13H8ClNO5. The maximum absolute atomic E-state index is 11.1. The van der Waals surface area contributed by atoms with Gasteiger partial charge in [0.1, 0.15) is 5.56 Å². The summed E-state index contributed by atoms with van der Waals surface area (Å²) in [5, 5.41) is 20.0. The van der Waals surface area contributed by atoms with Crippen molar-refractivity contribution in [1.82, 2.24) is 0 Å². The van der Waals surface area contributed by atoms with E-state index in [1.807, 2.05) is 0 Å². The highest BCUT2D eigenvalue weighted by atomic mass is 35.5. The topological polar surface area (TPSA) is 89.7 Å². The Labute approximate surface area is 118 Å². The van der Waals surface area contributed by atoms with Crippen LogP contribution in [0.4, 0.5) is 5.69 Å². The molecule has 2 aromatic rings. The minimum Gasteiger partial charge on any atom is -0.478 e. The first-order chi connectivity index (χ1) is 9.50. The van der Waals surface area contributed by atoms with Gasteiger partial charge in [0.15, 0.2) is 5.75 Å². The predicted molar refractivity (Wildman–Crippen MR) is 71.6 cm³/mol. The number of nitro benzene ring substituents is 1. The zero-order valence-electron chi connectivity index (χ0n) is 9.95. The lowest BCUT2D eigenvalue weighted by atomic mass is 10.2. The van der Waals surface area contributed by atoms with Crippen LogP contribution in [0, 0.1) is 10.1 Å². The zero-order chi connectivity index (χ0) is 14.7. The van der Waals surface area contributed by atoms with E-state index in [4.69, 9.17) is 21.4 Å². The van der Waals surface area contributed by atoms with Gasteiger partial charge in [0.25, 0.3) is 0 Å². The third-order valence-corrected chi connectivity index (χ3v) is 2.77. The predicted octanol–water partition coefficient (Wildman–Crippen LogP) is 3.74. The number of carboxylic acids is 1. The second-order valence-electron chi connectivity index (χ2n) is 3.75. The summed E-state index contributed by atoms with van der Waals surface area (Å²) in [5.41, 5.74) is -0.445. The van der Waals surface area contributed by atoms with Gasteiger partial charge in [-0.15, -0.1) is 0 Å². The molecule has 0 aliphatic rings. The van der Waals surface area contributed by atoms with Crippen LogP contribution in [-0.4, -0.2) is 16.0 Å². The van der Waals surface area contributed by atoms with Gasteiger partial charge in [-0.2, -0.15) is 0 Å². The van der Waals surface area contributed by atoms with Crippen molar-refractivity contribution in [2.24, 2.45) is 0 Å². The number of para-hydroxylation sites is 3. The number of nitrogens with zero attached hydrogens (tertiary/aromatic N) is 1. The van der Waals surface area contributed by atoms with Crippen molar-refractivity contribution in [2.75, 3.05) is 0 Å². The second-order valence-corrected chi connectivity index (χ2v) is 4.16. The van der Waals surface area contributed by atoms with E-state index in [1.54, 1.807) is 6.07 Å². The van der Waals surface area contributed by atoms with Gasteiger partial charge in [-0.25, -0.2) is 4.79 Å². The lowest BCUT2D eigenvalue weighted by Crippen LogP contribution is -2.01. The smallest absolute Gasteiger partial charge is 0.339 e. The van der Waals surface area contributed by atoms with Crippen LogP contribution in [0.15, 0.2) is 42.5 Å². The summed E-state index contributed by atoms with van der Waals surface area (Å²) in [6.45, 7) is 0. The van der Waals surface area contributed by atoms with Crippen LogP contribution in [0.5, 0.6) is 11.5 Å². The van der Waals surface area contributed by atoms with Crippen molar-refractivity contribution in [3.63, 3.8) is 0 Å². The molecule has 2 aromatic carbocycles. The molecule has 0 radical (unpaired) electrons. The quantitative estimate of drug-likeness (QED) is 0.685.